The highest BCUT2D eigenvalue weighted by atomic mass is 16.5. The Bertz CT molecular complexity index is 736. The van der Waals surface area contributed by atoms with Gasteiger partial charge in [-0.25, -0.2) is 0 Å². The number of likely N-dealkylation sites (tertiary alicyclic amines) is 1. The predicted octanol–water partition coefficient (Wildman–Crippen LogP) is 3.13. The van der Waals surface area contributed by atoms with Crippen LogP contribution in [0.4, 0.5) is 0 Å². The second-order valence-corrected chi connectivity index (χ2v) is 6.34. The smallest absolute Gasteiger partial charge is 0.311 e. The van der Waals surface area contributed by atoms with E-state index in [2.05, 4.69) is 0 Å². The van der Waals surface area contributed by atoms with Crippen LogP contribution in [-0.2, 0) is 4.79 Å². The van der Waals surface area contributed by atoms with Gasteiger partial charge in [0, 0.05) is 19.5 Å². The van der Waals surface area contributed by atoms with Crippen molar-refractivity contribution in [3.05, 3.63) is 42.5 Å². The molecule has 2 aromatic rings. The first-order valence-corrected chi connectivity index (χ1v) is 8.40. The molecule has 0 atom stereocenters. The van der Waals surface area contributed by atoms with Crippen LogP contribution in [0.2, 0.25) is 0 Å². The average molecular weight is 325 g/mol. The minimum atomic E-state index is -0.181. The fourth-order valence-corrected chi connectivity index (χ4v) is 3.20. The van der Waals surface area contributed by atoms with Crippen LogP contribution in [0, 0.1) is 11.3 Å². The lowest BCUT2D eigenvalue weighted by molar-refractivity contribution is -0.134. The van der Waals surface area contributed by atoms with Crippen molar-refractivity contribution >= 4 is 22.7 Å². The third kappa shape index (κ3) is 4.04. The van der Waals surface area contributed by atoms with E-state index in [1.165, 1.54) is 0 Å². The van der Waals surface area contributed by atoms with Crippen molar-refractivity contribution in [1.29, 1.82) is 5.41 Å². The van der Waals surface area contributed by atoms with Gasteiger partial charge in [-0.3, -0.25) is 10.2 Å². The molecule has 0 amide bonds. The van der Waals surface area contributed by atoms with Crippen LogP contribution in [0.1, 0.15) is 25.7 Å². The summed E-state index contributed by atoms with van der Waals surface area (Å²) in [6.07, 6.45) is 3.21. The minimum absolute atomic E-state index is 0.143. The van der Waals surface area contributed by atoms with E-state index in [1.807, 2.05) is 47.4 Å². The quantitative estimate of drug-likeness (QED) is 0.392. The van der Waals surface area contributed by atoms with Crippen molar-refractivity contribution in [3.8, 4) is 5.75 Å². The van der Waals surface area contributed by atoms with E-state index in [0.717, 1.165) is 43.1 Å². The largest absolute Gasteiger partial charge is 0.427 e. The van der Waals surface area contributed by atoms with Gasteiger partial charge in [0.1, 0.15) is 5.75 Å². The zero-order valence-electron chi connectivity index (χ0n) is 13.7. The molecule has 5 nitrogen and oxygen atoms in total. The number of hydrogen-bond acceptors (Lipinski definition) is 3. The first kappa shape index (κ1) is 16.3. The standard InChI is InChI=1S/C19H23N3O2/c20-19(21)22-11-9-14(10-12-22)5-8-18(23)24-17-7-6-15-3-1-2-4-16(15)13-17/h1-4,6-7,13-14H,5,8-12H2,(H3,20,21). The number of carbonyl (C=O) groups excluding carboxylic acids is 1. The average Bonchev–Trinajstić information content (AvgIpc) is 2.60. The van der Waals surface area contributed by atoms with Gasteiger partial charge >= 0.3 is 5.97 Å². The number of nitrogens with zero attached hydrogens (tertiary/aromatic N) is 1. The second kappa shape index (κ2) is 7.34. The SMILES string of the molecule is N=C(N)N1CCC(CCC(=O)Oc2ccc3ccccc3c2)CC1. The zero-order valence-corrected chi connectivity index (χ0v) is 13.7. The highest BCUT2D eigenvalue weighted by Crippen LogP contribution is 2.24. The van der Waals surface area contributed by atoms with Crippen molar-refractivity contribution < 1.29 is 9.53 Å². The maximum atomic E-state index is 12.1. The molecule has 126 valence electrons. The van der Waals surface area contributed by atoms with E-state index in [0.29, 0.717) is 18.1 Å². The van der Waals surface area contributed by atoms with Crippen molar-refractivity contribution in [3.63, 3.8) is 0 Å². The normalized spacial score (nSPS) is 15.4. The van der Waals surface area contributed by atoms with Crippen molar-refractivity contribution in [2.24, 2.45) is 11.7 Å². The summed E-state index contributed by atoms with van der Waals surface area (Å²) in [6.45, 7) is 1.61. The Kier molecular flexibility index (Phi) is 4.99. The van der Waals surface area contributed by atoms with Crippen LogP contribution >= 0.6 is 0 Å². The lowest BCUT2D eigenvalue weighted by Crippen LogP contribution is -2.42. The van der Waals surface area contributed by atoms with E-state index >= 15 is 0 Å². The summed E-state index contributed by atoms with van der Waals surface area (Å²) in [7, 11) is 0. The number of nitrogens with one attached hydrogen (secondary N) is 1. The molecule has 1 aliphatic rings. The van der Waals surface area contributed by atoms with Gasteiger partial charge in [0.15, 0.2) is 5.96 Å². The summed E-state index contributed by atoms with van der Waals surface area (Å²) in [5.41, 5.74) is 5.50. The number of benzene rings is 2. The molecule has 0 radical (unpaired) electrons. The topological polar surface area (TPSA) is 79.4 Å². The van der Waals surface area contributed by atoms with E-state index in [9.17, 15) is 4.79 Å². The molecule has 0 aliphatic carbocycles. The number of piperidine rings is 1. The Balaban J connectivity index is 1.48. The van der Waals surface area contributed by atoms with Gasteiger partial charge in [-0.2, -0.15) is 0 Å². The first-order chi connectivity index (χ1) is 11.6. The molecule has 1 saturated heterocycles. The number of fused-ring (bicyclic) bond motifs is 1. The molecule has 1 fully saturated rings. The summed E-state index contributed by atoms with van der Waals surface area (Å²) in [4.78, 5) is 14.0. The second-order valence-electron chi connectivity index (χ2n) is 6.34. The van der Waals surface area contributed by atoms with Crippen molar-refractivity contribution in [2.45, 2.75) is 25.7 Å². The van der Waals surface area contributed by atoms with E-state index < -0.39 is 0 Å². The molecule has 3 rings (SSSR count). The van der Waals surface area contributed by atoms with Gasteiger partial charge in [0.05, 0.1) is 0 Å². The Labute approximate surface area is 141 Å². The number of guanidine groups is 1. The van der Waals surface area contributed by atoms with Gasteiger partial charge in [-0.15, -0.1) is 0 Å². The van der Waals surface area contributed by atoms with Gasteiger partial charge in [0.25, 0.3) is 0 Å². The molecule has 3 N–H and O–H groups in total. The Morgan fingerprint density at radius 3 is 2.58 bits per heavy atom. The van der Waals surface area contributed by atoms with Crippen LogP contribution in [0.5, 0.6) is 5.75 Å². The monoisotopic (exact) mass is 325 g/mol. The van der Waals surface area contributed by atoms with Gasteiger partial charge in [0.2, 0.25) is 0 Å². The summed E-state index contributed by atoms with van der Waals surface area (Å²) < 4.78 is 5.47. The summed E-state index contributed by atoms with van der Waals surface area (Å²) in [5, 5.41) is 9.64. The minimum Gasteiger partial charge on any atom is -0.427 e. The summed E-state index contributed by atoms with van der Waals surface area (Å²) >= 11 is 0. The molecule has 0 bridgehead atoms. The number of nitrogens with two attached hydrogens (primary N) is 1. The molecule has 1 heterocycles. The number of hydrogen-bond donors (Lipinski definition) is 2. The first-order valence-electron chi connectivity index (χ1n) is 8.40. The van der Waals surface area contributed by atoms with E-state index in [1.54, 1.807) is 0 Å². The highest BCUT2D eigenvalue weighted by Gasteiger charge is 2.20. The maximum absolute atomic E-state index is 12.1. The number of ether oxygens (including phenoxy) is 1. The molecule has 0 saturated carbocycles. The fourth-order valence-electron chi connectivity index (χ4n) is 3.20. The number of rotatable bonds is 4. The van der Waals surface area contributed by atoms with Crippen LogP contribution in [0.15, 0.2) is 42.5 Å². The van der Waals surface area contributed by atoms with E-state index in [-0.39, 0.29) is 11.9 Å². The lowest BCUT2D eigenvalue weighted by Gasteiger charge is -2.31. The molecule has 5 heteroatoms. The zero-order chi connectivity index (χ0) is 16.9. The Morgan fingerprint density at radius 2 is 1.88 bits per heavy atom. The van der Waals surface area contributed by atoms with Crippen LogP contribution in [0.25, 0.3) is 10.8 Å². The lowest BCUT2D eigenvalue weighted by atomic mass is 9.92. The van der Waals surface area contributed by atoms with Gasteiger partial charge in [-0.1, -0.05) is 30.3 Å². The van der Waals surface area contributed by atoms with Crippen LogP contribution < -0.4 is 10.5 Å². The third-order valence-electron chi connectivity index (χ3n) is 4.66. The predicted molar refractivity (Wildman–Crippen MR) is 95.0 cm³/mol. The fraction of sp³-hybridized carbons (Fsp3) is 0.368. The number of esters is 1. The van der Waals surface area contributed by atoms with Crippen LogP contribution in [-0.4, -0.2) is 29.9 Å². The van der Waals surface area contributed by atoms with Crippen LogP contribution in [0.3, 0.4) is 0 Å². The molecular weight excluding hydrogens is 302 g/mol. The van der Waals surface area contributed by atoms with Crippen molar-refractivity contribution in [2.75, 3.05) is 13.1 Å². The molecule has 0 spiro atoms. The number of carbonyl (C=O) groups is 1. The molecular formula is C19H23N3O2. The van der Waals surface area contributed by atoms with Crippen molar-refractivity contribution in [1.82, 2.24) is 4.90 Å². The molecule has 0 aromatic heterocycles. The summed E-state index contributed by atoms with van der Waals surface area (Å²) in [6, 6.07) is 13.7. The summed E-state index contributed by atoms with van der Waals surface area (Å²) in [5.74, 6) is 1.07. The Morgan fingerprint density at radius 1 is 1.17 bits per heavy atom. The Hall–Kier alpha value is -2.56. The van der Waals surface area contributed by atoms with E-state index in [4.69, 9.17) is 15.9 Å². The molecule has 2 aromatic carbocycles. The van der Waals surface area contributed by atoms with Gasteiger partial charge < -0.3 is 15.4 Å². The van der Waals surface area contributed by atoms with Gasteiger partial charge in [-0.05, 0) is 48.1 Å². The molecule has 1 aliphatic heterocycles. The molecule has 24 heavy (non-hydrogen) atoms. The molecule has 0 unspecified atom stereocenters. The highest BCUT2D eigenvalue weighted by molar-refractivity contribution is 5.84. The third-order valence-corrected chi connectivity index (χ3v) is 4.66. The maximum Gasteiger partial charge on any atom is 0.311 e.